The third-order valence-electron chi connectivity index (χ3n) is 4.31. The van der Waals surface area contributed by atoms with Crippen molar-refractivity contribution in [3.8, 4) is 5.88 Å². The molecule has 0 saturated carbocycles. The van der Waals surface area contributed by atoms with Gasteiger partial charge in [-0.3, -0.25) is 0 Å². The van der Waals surface area contributed by atoms with Crippen LogP contribution in [0.3, 0.4) is 0 Å². The first-order chi connectivity index (χ1) is 13.3. The molecule has 0 unspecified atom stereocenters. The molecule has 1 fully saturated rings. The molecule has 0 spiro atoms. The number of urea groups is 1. The minimum absolute atomic E-state index is 0.0653. The van der Waals surface area contributed by atoms with E-state index in [-0.39, 0.29) is 6.03 Å². The Labute approximate surface area is 159 Å². The minimum atomic E-state index is -0.0653. The van der Waals surface area contributed by atoms with E-state index < -0.39 is 0 Å². The molecule has 1 saturated heterocycles. The molecule has 1 aromatic carbocycles. The number of hydrogen-bond donors (Lipinski definition) is 1. The summed E-state index contributed by atoms with van der Waals surface area (Å²) in [4.78, 5) is 24.7. The molecule has 27 heavy (non-hydrogen) atoms. The lowest BCUT2D eigenvalue weighted by molar-refractivity contribution is 0.121. The Balaban J connectivity index is 1.34. The van der Waals surface area contributed by atoms with E-state index in [9.17, 15) is 4.79 Å². The Bertz CT molecular complexity index is 720. The van der Waals surface area contributed by atoms with E-state index in [1.54, 1.807) is 24.3 Å². The van der Waals surface area contributed by atoms with Crippen molar-refractivity contribution >= 4 is 12.0 Å². The van der Waals surface area contributed by atoms with Gasteiger partial charge < -0.3 is 24.6 Å². The number of benzene rings is 1. The Morgan fingerprint density at radius 3 is 2.67 bits per heavy atom. The topological polar surface area (TPSA) is 79.8 Å². The highest BCUT2D eigenvalue weighted by Crippen LogP contribution is 2.14. The molecule has 0 bridgehead atoms. The van der Waals surface area contributed by atoms with E-state index in [4.69, 9.17) is 9.47 Å². The van der Waals surface area contributed by atoms with Gasteiger partial charge in [-0.15, -0.1) is 0 Å². The second-order valence-electron chi connectivity index (χ2n) is 6.14. The van der Waals surface area contributed by atoms with E-state index in [0.717, 1.165) is 5.56 Å². The molecule has 144 valence electrons. The first-order valence-corrected chi connectivity index (χ1v) is 9.02. The first-order valence-electron chi connectivity index (χ1n) is 9.02. The van der Waals surface area contributed by atoms with Crippen molar-refractivity contribution in [3.63, 3.8) is 0 Å². The summed E-state index contributed by atoms with van der Waals surface area (Å²) in [7, 11) is 1.58. The molecule has 2 amide bonds. The van der Waals surface area contributed by atoms with E-state index >= 15 is 0 Å². The summed E-state index contributed by atoms with van der Waals surface area (Å²) >= 11 is 0. The summed E-state index contributed by atoms with van der Waals surface area (Å²) in [6.07, 6.45) is 1.68. The van der Waals surface area contributed by atoms with Gasteiger partial charge in [-0.2, -0.15) is 4.98 Å². The van der Waals surface area contributed by atoms with Crippen LogP contribution in [-0.4, -0.2) is 67.3 Å². The minimum Gasteiger partial charge on any atom is -0.481 e. The molecule has 1 aliphatic heterocycles. The predicted octanol–water partition coefficient (Wildman–Crippen LogP) is 1.53. The zero-order valence-corrected chi connectivity index (χ0v) is 15.5. The average molecular weight is 371 g/mol. The zero-order valence-electron chi connectivity index (χ0n) is 15.5. The molecule has 1 N–H and O–H groups in total. The van der Waals surface area contributed by atoms with E-state index in [1.807, 2.05) is 30.3 Å². The maximum Gasteiger partial charge on any atom is 0.317 e. The number of aromatic nitrogens is 2. The summed E-state index contributed by atoms with van der Waals surface area (Å²) in [5.41, 5.74) is 1.12. The highest BCUT2D eigenvalue weighted by atomic mass is 16.5. The van der Waals surface area contributed by atoms with Crippen LogP contribution < -0.4 is 15.0 Å². The van der Waals surface area contributed by atoms with Crippen LogP contribution in [0.4, 0.5) is 10.7 Å². The standard InChI is InChI=1S/C19H25N5O3/c1-26-17-7-8-20-18(22-17)23-10-12-24(13-11-23)19(25)21-9-14-27-15-16-5-3-2-4-6-16/h2-8H,9-15H2,1H3,(H,21,25). The number of anilines is 1. The number of ether oxygens (including phenoxy) is 2. The third-order valence-corrected chi connectivity index (χ3v) is 4.31. The van der Waals surface area contributed by atoms with Crippen molar-refractivity contribution in [2.75, 3.05) is 51.3 Å². The van der Waals surface area contributed by atoms with Crippen LogP contribution in [0.25, 0.3) is 0 Å². The third kappa shape index (κ3) is 5.55. The van der Waals surface area contributed by atoms with Crippen LogP contribution in [-0.2, 0) is 11.3 Å². The Morgan fingerprint density at radius 2 is 1.93 bits per heavy atom. The average Bonchev–Trinajstić information content (AvgIpc) is 2.74. The number of piperazine rings is 1. The van der Waals surface area contributed by atoms with Crippen LogP contribution >= 0.6 is 0 Å². The van der Waals surface area contributed by atoms with Crippen LogP contribution in [0, 0.1) is 0 Å². The second-order valence-corrected chi connectivity index (χ2v) is 6.14. The van der Waals surface area contributed by atoms with Crippen LogP contribution in [0.5, 0.6) is 5.88 Å². The largest absolute Gasteiger partial charge is 0.481 e. The zero-order chi connectivity index (χ0) is 18.9. The van der Waals surface area contributed by atoms with Gasteiger partial charge in [0.1, 0.15) is 0 Å². The maximum atomic E-state index is 12.3. The van der Waals surface area contributed by atoms with Gasteiger partial charge in [0.2, 0.25) is 11.8 Å². The molecular formula is C19H25N5O3. The molecule has 2 heterocycles. The summed E-state index contributed by atoms with van der Waals surface area (Å²) in [6, 6.07) is 11.6. The fourth-order valence-electron chi connectivity index (χ4n) is 2.81. The normalized spacial score (nSPS) is 14.1. The number of hydrogen-bond acceptors (Lipinski definition) is 6. The monoisotopic (exact) mass is 371 g/mol. The number of methoxy groups -OCH3 is 1. The van der Waals surface area contributed by atoms with Crippen molar-refractivity contribution < 1.29 is 14.3 Å². The highest BCUT2D eigenvalue weighted by molar-refractivity contribution is 5.74. The smallest absolute Gasteiger partial charge is 0.317 e. The van der Waals surface area contributed by atoms with Gasteiger partial charge in [-0.25, -0.2) is 9.78 Å². The molecule has 0 radical (unpaired) electrons. The van der Waals surface area contributed by atoms with Crippen molar-refractivity contribution in [2.24, 2.45) is 0 Å². The number of rotatable bonds is 7. The number of amides is 2. The van der Waals surface area contributed by atoms with Crippen LogP contribution in [0.15, 0.2) is 42.6 Å². The van der Waals surface area contributed by atoms with Gasteiger partial charge in [0.05, 0.1) is 20.3 Å². The molecule has 0 atom stereocenters. The first kappa shape index (κ1) is 18.9. The summed E-state index contributed by atoms with van der Waals surface area (Å²) in [5.74, 6) is 1.17. The summed E-state index contributed by atoms with van der Waals surface area (Å²) in [5, 5.41) is 2.90. The Kier molecular flexibility index (Phi) is 6.81. The molecule has 2 aromatic rings. The lowest BCUT2D eigenvalue weighted by Gasteiger charge is -2.34. The van der Waals surface area contributed by atoms with Gasteiger partial charge in [-0.05, 0) is 5.56 Å². The lowest BCUT2D eigenvalue weighted by Crippen LogP contribution is -2.52. The number of nitrogens with zero attached hydrogens (tertiary/aromatic N) is 4. The second kappa shape index (κ2) is 9.72. The lowest BCUT2D eigenvalue weighted by atomic mass is 10.2. The highest BCUT2D eigenvalue weighted by Gasteiger charge is 2.22. The van der Waals surface area contributed by atoms with Crippen LogP contribution in [0.1, 0.15) is 5.56 Å². The Morgan fingerprint density at radius 1 is 1.15 bits per heavy atom. The summed E-state index contributed by atoms with van der Waals surface area (Å²) in [6.45, 7) is 4.14. The van der Waals surface area contributed by atoms with Gasteiger partial charge in [-0.1, -0.05) is 30.3 Å². The quantitative estimate of drug-likeness (QED) is 0.744. The van der Waals surface area contributed by atoms with Crippen LogP contribution in [0.2, 0.25) is 0 Å². The molecular weight excluding hydrogens is 346 g/mol. The van der Waals surface area contributed by atoms with E-state index in [2.05, 4.69) is 20.2 Å². The van der Waals surface area contributed by atoms with Gasteiger partial charge >= 0.3 is 6.03 Å². The Hall–Kier alpha value is -2.87. The van der Waals surface area contributed by atoms with E-state index in [1.165, 1.54) is 0 Å². The van der Waals surface area contributed by atoms with Gasteiger partial charge in [0.15, 0.2) is 0 Å². The van der Waals surface area contributed by atoms with Crippen molar-refractivity contribution in [3.05, 3.63) is 48.2 Å². The molecule has 3 rings (SSSR count). The van der Waals surface area contributed by atoms with Crippen molar-refractivity contribution in [1.82, 2.24) is 20.2 Å². The molecule has 0 aliphatic carbocycles. The SMILES string of the molecule is COc1ccnc(N2CCN(C(=O)NCCOCc3ccccc3)CC2)n1. The molecule has 1 aromatic heterocycles. The van der Waals surface area contributed by atoms with Gasteiger partial charge in [0, 0.05) is 45.0 Å². The summed E-state index contributed by atoms with van der Waals surface area (Å²) < 4.78 is 10.7. The fraction of sp³-hybridized carbons (Fsp3) is 0.421. The number of nitrogens with one attached hydrogen (secondary N) is 1. The number of carbonyl (C=O) groups excluding carboxylic acids is 1. The van der Waals surface area contributed by atoms with Crippen molar-refractivity contribution in [1.29, 1.82) is 0 Å². The molecule has 1 aliphatic rings. The fourth-order valence-corrected chi connectivity index (χ4v) is 2.81. The molecule has 8 heteroatoms. The maximum absolute atomic E-state index is 12.3. The van der Waals surface area contributed by atoms with Gasteiger partial charge in [0.25, 0.3) is 0 Å². The number of carbonyl (C=O) groups is 1. The predicted molar refractivity (Wildman–Crippen MR) is 102 cm³/mol. The van der Waals surface area contributed by atoms with E-state index in [0.29, 0.717) is 57.8 Å². The van der Waals surface area contributed by atoms with Crippen molar-refractivity contribution in [2.45, 2.75) is 6.61 Å². The molecule has 8 nitrogen and oxygen atoms in total.